The number of aromatic nitrogens is 2. The van der Waals surface area contributed by atoms with Crippen LogP contribution in [0.1, 0.15) is 13.3 Å². The summed E-state index contributed by atoms with van der Waals surface area (Å²) in [5.74, 6) is 1.63. The first kappa shape index (κ1) is 14.1. The zero-order chi connectivity index (χ0) is 14.4. The van der Waals surface area contributed by atoms with Crippen molar-refractivity contribution in [2.45, 2.75) is 13.3 Å². The second-order valence-electron chi connectivity index (χ2n) is 4.79. The van der Waals surface area contributed by atoms with Gasteiger partial charge in [-0.15, -0.1) is 0 Å². The number of benzene rings is 1. The summed E-state index contributed by atoms with van der Waals surface area (Å²) in [5, 5.41) is 6.55. The van der Waals surface area contributed by atoms with Crippen molar-refractivity contribution in [3.63, 3.8) is 0 Å². The number of hydrogen-bond acceptors (Lipinski definition) is 5. The van der Waals surface area contributed by atoms with Crippen LogP contribution in [0.4, 0.5) is 23.0 Å². The molecule has 0 radical (unpaired) electrons. The number of nitrogens with one attached hydrogen (secondary N) is 2. The zero-order valence-corrected chi connectivity index (χ0v) is 12.2. The van der Waals surface area contributed by atoms with Crippen LogP contribution in [0.2, 0.25) is 0 Å². The molecular weight excluding hydrogens is 250 g/mol. The average molecular weight is 271 g/mol. The lowest BCUT2D eigenvalue weighted by Crippen LogP contribution is -2.08. The largest absolute Gasteiger partial charge is 0.378 e. The molecule has 106 valence electrons. The molecule has 0 unspecified atom stereocenters. The summed E-state index contributed by atoms with van der Waals surface area (Å²) in [6.45, 7) is 3.03. The highest BCUT2D eigenvalue weighted by atomic mass is 15.1. The van der Waals surface area contributed by atoms with Gasteiger partial charge in [-0.1, -0.05) is 13.0 Å². The van der Waals surface area contributed by atoms with Crippen molar-refractivity contribution < 1.29 is 0 Å². The van der Waals surface area contributed by atoms with Gasteiger partial charge in [-0.25, -0.2) is 9.97 Å². The Morgan fingerprint density at radius 1 is 1.10 bits per heavy atom. The van der Waals surface area contributed by atoms with Crippen molar-refractivity contribution in [3.05, 3.63) is 36.7 Å². The molecule has 0 aliphatic carbocycles. The summed E-state index contributed by atoms with van der Waals surface area (Å²) < 4.78 is 0. The molecule has 1 heterocycles. The standard InChI is InChI=1S/C15H21N5/c1-4-8-16-14-10-15(18-11-17-14)19-12-6-5-7-13(9-12)20(2)3/h5-7,9-11H,4,8H2,1-3H3,(H2,16,17,18,19). The van der Waals surface area contributed by atoms with E-state index in [-0.39, 0.29) is 0 Å². The summed E-state index contributed by atoms with van der Waals surface area (Å²) in [6, 6.07) is 10.1. The van der Waals surface area contributed by atoms with E-state index in [1.807, 2.05) is 32.3 Å². The van der Waals surface area contributed by atoms with Crippen LogP contribution in [0.25, 0.3) is 0 Å². The molecule has 2 N–H and O–H groups in total. The summed E-state index contributed by atoms with van der Waals surface area (Å²) in [5.41, 5.74) is 2.16. The van der Waals surface area contributed by atoms with Crippen LogP contribution in [-0.4, -0.2) is 30.6 Å². The Bertz CT molecular complexity index is 553. The molecule has 2 rings (SSSR count). The second-order valence-corrected chi connectivity index (χ2v) is 4.79. The van der Waals surface area contributed by atoms with Crippen LogP contribution >= 0.6 is 0 Å². The molecule has 0 saturated carbocycles. The molecule has 0 atom stereocenters. The minimum Gasteiger partial charge on any atom is -0.378 e. The van der Waals surface area contributed by atoms with Gasteiger partial charge >= 0.3 is 0 Å². The maximum absolute atomic E-state index is 4.24. The first-order valence-electron chi connectivity index (χ1n) is 6.79. The van der Waals surface area contributed by atoms with Gasteiger partial charge in [0.15, 0.2) is 0 Å². The number of nitrogens with zero attached hydrogens (tertiary/aromatic N) is 3. The van der Waals surface area contributed by atoms with Crippen LogP contribution in [0.15, 0.2) is 36.7 Å². The maximum Gasteiger partial charge on any atom is 0.135 e. The normalized spacial score (nSPS) is 10.2. The highest BCUT2D eigenvalue weighted by molar-refractivity contribution is 5.64. The summed E-state index contributed by atoms with van der Waals surface area (Å²) in [4.78, 5) is 10.5. The minimum absolute atomic E-state index is 0.787. The van der Waals surface area contributed by atoms with E-state index in [0.717, 1.165) is 36.0 Å². The number of hydrogen-bond donors (Lipinski definition) is 2. The Balaban J connectivity index is 2.11. The average Bonchev–Trinajstić information content (AvgIpc) is 2.46. The third-order valence-electron chi connectivity index (χ3n) is 2.86. The quantitative estimate of drug-likeness (QED) is 0.845. The molecule has 1 aromatic carbocycles. The minimum atomic E-state index is 0.787. The van der Waals surface area contributed by atoms with Gasteiger partial charge in [-0.3, -0.25) is 0 Å². The van der Waals surface area contributed by atoms with Crippen LogP contribution in [0, 0.1) is 0 Å². The summed E-state index contributed by atoms with van der Waals surface area (Å²) in [6.07, 6.45) is 2.63. The molecule has 0 aliphatic heterocycles. The fourth-order valence-electron chi connectivity index (χ4n) is 1.79. The molecule has 0 fully saturated rings. The van der Waals surface area contributed by atoms with E-state index in [1.165, 1.54) is 0 Å². The summed E-state index contributed by atoms with van der Waals surface area (Å²) in [7, 11) is 4.05. The molecule has 1 aromatic heterocycles. The van der Waals surface area contributed by atoms with E-state index < -0.39 is 0 Å². The van der Waals surface area contributed by atoms with E-state index in [2.05, 4.69) is 44.6 Å². The van der Waals surface area contributed by atoms with E-state index in [1.54, 1.807) is 6.33 Å². The Kier molecular flexibility index (Phi) is 4.76. The van der Waals surface area contributed by atoms with Gasteiger partial charge in [-0.2, -0.15) is 0 Å². The highest BCUT2D eigenvalue weighted by Gasteiger charge is 2.01. The summed E-state index contributed by atoms with van der Waals surface area (Å²) >= 11 is 0. The maximum atomic E-state index is 4.24. The van der Waals surface area contributed by atoms with E-state index in [0.29, 0.717) is 0 Å². The van der Waals surface area contributed by atoms with Crippen molar-refractivity contribution in [3.8, 4) is 0 Å². The Labute approximate surface area is 120 Å². The van der Waals surface area contributed by atoms with Crippen LogP contribution < -0.4 is 15.5 Å². The molecule has 0 bridgehead atoms. The lowest BCUT2D eigenvalue weighted by Gasteiger charge is -2.14. The Hall–Kier alpha value is -2.30. The molecule has 0 aliphatic rings. The predicted octanol–water partition coefficient (Wildman–Crippen LogP) is 3.11. The third kappa shape index (κ3) is 3.85. The Morgan fingerprint density at radius 2 is 1.90 bits per heavy atom. The molecule has 0 amide bonds. The van der Waals surface area contributed by atoms with Crippen LogP contribution in [0.3, 0.4) is 0 Å². The molecule has 0 saturated heterocycles. The van der Waals surface area contributed by atoms with Gasteiger partial charge in [0, 0.05) is 38.1 Å². The zero-order valence-electron chi connectivity index (χ0n) is 12.2. The van der Waals surface area contributed by atoms with Gasteiger partial charge in [0.05, 0.1) is 0 Å². The predicted molar refractivity (Wildman–Crippen MR) is 84.9 cm³/mol. The molecule has 2 aromatic rings. The van der Waals surface area contributed by atoms with Gasteiger partial charge in [-0.05, 0) is 24.6 Å². The molecule has 5 heteroatoms. The van der Waals surface area contributed by atoms with Gasteiger partial charge < -0.3 is 15.5 Å². The van der Waals surface area contributed by atoms with Crippen molar-refractivity contribution in [2.24, 2.45) is 0 Å². The number of rotatable bonds is 6. The van der Waals surface area contributed by atoms with Gasteiger partial charge in [0.2, 0.25) is 0 Å². The monoisotopic (exact) mass is 271 g/mol. The van der Waals surface area contributed by atoms with Gasteiger partial charge in [0.1, 0.15) is 18.0 Å². The van der Waals surface area contributed by atoms with E-state index in [9.17, 15) is 0 Å². The Morgan fingerprint density at radius 3 is 2.65 bits per heavy atom. The third-order valence-corrected chi connectivity index (χ3v) is 2.86. The van der Waals surface area contributed by atoms with Crippen molar-refractivity contribution in [1.29, 1.82) is 0 Å². The SMILES string of the molecule is CCCNc1cc(Nc2cccc(N(C)C)c2)ncn1. The smallest absolute Gasteiger partial charge is 0.135 e. The van der Waals surface area contributed by atoms with E-state index in [4.69, 9.17) is 0 Å². The van der Waals surface area contributed by atoms with Crippen molar-refractivity contribution in [2.75, 3.05) is 36.2 Å². The molecule has 5 nitrogen and oxygen atoms in total. The van der Waals surface area contributed by atoms with Gasteiger partial charge in [0.25, 0.3) is 0 Å². The topological polar surface area (TPSA) is 53.1 Å². The van der Waals surface area contributed by atoms with Crippen LogP contribution in [0.5, 0.6) is 0 Å². The van der Waals surface area contributed by atoms with Crippen molar-refractivity contribution in [1.82, 2.24) is 9.97 Å². The van der Waals surface area contributed by atoms with Crippen LogP contribution in [-0.2, 0) is 0 Å². The highest BCUT2D eigenvalue weighted by Crippen LogP contribution is 2.21. The van der Waals surface area contributed by atoms with E-state index >= 15 is 0 Å². The first-order chi connectivity index (χ1) is 9.69. The van der Waals surface area contributed by atoms with Crippen molar-refractivity contribution >= 4 is 23.0 Å². The molecule has 0 spiro atoms. The molecular formula is C15H21N5. The lowest BCUT2D eigenvalue weighted by atomic mass is 10.2. The fraction of sp³-hybridized carbons (Fsp3) is 0.333. The lowest BCUT2D eigenvalue weighted by molar-refractivity contribution is 0.965. The molecule has 20 heavy (non-hydrogen) atoms. The second kappa shape index (κ2) is 6.75. The fourth-order valence-corrected chi connectivity index (χ4v) is 1.79. The first-order valence-corrected chi connectivity index (χ1v) is 6.79. The number of anilines is 4.